The number of benzene rings is 2. The van der Waals surface area contributed by atoms with Crippen LogP contribution in [0.1, 0.15) is 26.0 Å². The van der Waals surface area contributed by atoms with Gasteiger partial charge in [-0.05, 0) is 43.0 Å². The van der Waals surface area contributed by atoms with Crippen LogP contribution >= 0.6 is 0 Å². The fourth-order valence-corrected chi connectivity index (χ4v) is 2.17. The van der Waals surface area contributed by atoms with Crippen molar-refractivity contribution in [2.24, 2.45) is 0 Å². The van der Waals surface area contributed by atoms with Gasteiger partial charge in [0, 0.05) is 9.40 Å². The number of aryl methyl sites for hydroxylation is 2. The minimum Gasteiger partial charge on any atom is -0.367 e. The molecular formula is C19H26FNO2. The molecule has 0 aliphatic carbocycles. The van der Waals surface area contributed by atoms with Crippen LogP contribution in [0.3, 0.4) is 0 Å². The van der Waals surface area contributed by atoms with Crippen LogP contribution in [-0.2, 0) is 22.6 Å². The maximum absolute atomic E-state index is 12.7. The number of hydrogen-bond acceptors (Lipinski definition) is 2. The number of carbonyl (C=O) groups excluding carboxylic acids is 1. The van der Waals surface area contributed by atoms with E-state index in [1.165, 1.54) is 23.3 Å². The molecule has 0 bridgehead atoms. The quantitative estimate of drug-likeness (QED) is 0.750. The Morgan fingerprint density at radius 1 is 1.09 bits per heavy atom. The first-order valence-corrected chi connectivity index (χ1v) is 7.78. The minimum absolute atomic E-state index is 0. The molecule has 0 aliphatic heterocycles. The number of rotatable bonds is 8. The molecule has 0 aromatic heterocycles. The van der Waals surface area contributed by atoms with Crippen molar-refractivity contribution in [3.63, 3.8) is 0 Å². The standard InChI is InChI=1S/C19H22FNO2.2H2/c1-15-4-6-16(7-5-15)3-2-12-21-19(22)14-23-13-17-8-10-18(20)11-9-17;;/h4-11H,2-3,12-14H2,1H3,(H,21,22);2*1H. The average Bonchev–Trinajstić information content (AvgIpc) is 2.55. The number of carbonyl (C=O) groups is 1. The van der Waals surface area contributed by atoms with Crippen molar-refractivity contribution in [1.82, 2.24) is 5.32 Å². The second-order valence-corrected chi connectivity index (χ2v) is 5.56. The van der Waals surface area contributed by atoms with Gasteiger partial charge in [-0.25, -0.2) is 4.39 Å². The van der Waals surface area contributed by atoms with Crippen molar-refractivity contribution in [1.29, 1.82) is 0 Å². The van der Waals surface area contributed by atoms with Crippen molar-refractivity contribution < 1.29 is 16.8 Å². The second-order valence-electron chi connectivity index (χ2n) is 5.56. The van der Waals surface area contributed by atoms with Gasteiger partial charge in [0.05, 0.1) is 6.61 Å². The Morgan fingerprint density at radius 3 is 2.43 bits per heavy atom. The average molecular weight is 319 g/mol. The first-order chi connectivity index (χ1) is 11.1. The van der Waals surface area contributed by atoms with E-state index in [4.69, 9.17) is 4.74 Å². The normalized spacial score (nSPS) is 10.5. The van der Waals surface area contributed by atoms with Gasteiger partial charge in [-0.2, -0.15) is 0 Å². The molecule has 0 heterocycles. The second kappa shape index (κ2) is 9.06. The first-order valence-electron chi connectivity index (χ1n) is 7.78. The van der Waals surface area contributed by atoms with Gasteiger partial charge in [-0.3, -0.25) is 4.79 Å². The van der Waals surface area contributed by atoms with Crippen molar-refractivity contribution in [2.75, 3.05) is 13.2 Å². The third-order valence-electron chi connectivity index (χ3n) is 3.50. The smallest absolute Gasteiger partial charge is 0.246 e. The monoisotopic (exact) mass is 319 g/mol. The van der Waals surface area contributed by atoms with Crippen LogP contribution in [-0.4, -0.2) is 19.1 Å². The Hall–Kier alpha value is -2.20. The molecule has 126 valence electrons. The van der Waals surface area contributed by atoms with Gasteiger partial charge < -0.3 is 10.1 Å². The molecule has 0 aliphatic rings. The zero-order valence-electron chi connectivity index (χ0n) is 13.3. The van der Waals surface area contributed by atoms with Crippen molar-refractivity contribution in [3.05, 3.63) is 71.0 Å². The van der Waals surface area contributed by atoms with Gasteiger partial charge in [-0.1, -0.05) is 42.0 Å². The summed E-state index contributed by atoms with van der Waals surface area (Å²) in [5.74, 6) is -0.406. The van der Waals surface area contributed by atoms with E-state index in [0.717, 1.165) is 18.4 Å². The topological polar surface area (TPSA) is 38.3 Å². The van der Waals surface area contributed by atoms with Crippen LogP contribution in [0.4, 0.5) is 4.39 Å². The molecule has 0 spiro atoms. The fourth-order valence-electron chi connectivity index (χ4n) is 2.17. The molecule has 1 amide bonds. The molecule has 0 atom stereocenters. The van der Waals surface area contributed by atoms with E-state index in [2.05, 4.69) is 36.5 Å². The highest BCUT2D eigenvalue weighted by Crippen LogP contribution is 2.05. The molecule has 0 radical (unpaired) electrons. The molecule has 3 nitrogen and oxygen atoms in total. The van der Waals surface area contributed by atoms with E-state index in [1.807, 2.05) is 0 Å². The van der Waals surface area contributed by atoms with Gasteiger partial charge in [0.15, 0.2) is 0 Å². The lowest BCUT2D eigenvalue weighted by Gasteiger charge is -2.07. The zero-order chi connectivity index (χ0) is 16.5. The number of halogens is 1. The summed E-state index contributed by atoms with van der Waals surface area (Å²) in [4.78, 5) is 11.6. The van der Waals surface area contributed by atoms with E-state index < -0.39 is 0 Å². The molecule has 1 N–H and O–H groups in total. The highest BCUT2D eigenvalue weighted by atomic mass is 19.1. The Bertz CT molecular complexity index is 618. The SMILES string of the molecule is Cc1ccc(CCCNC(=O)COCc2ccc(F)cc2)cc1.[HH].[HH]. The van der Waals surface area contributed by atoms with Gasteiger partial charge in [0.25, 0.3) is 0 Å². The molecule has 2 aromatic rings. The third-order valence-corrected chi connectivity index (χ3v) is 3.50. The predicted octanol–water partition coefficient (Wildman–Crippen LogP) is 3.89. The van der Waals surface area contributed by atoms with Crippen LogP contribution in [0.2, 0.25) is 0 Å². The Balaban J connectivity index is 0.00000288. The molecule has 0 saturated carbocycles. The van der Waals surface area contributed by atoms with E-state index in [-0.39, 0.29) is 21.2 Å². The van der Waals surface area contributed by atoms with Crippen molar-refractivity contribution >= 4 is 5.91 Å². The molecule has 23 heavy (non-hydrogen) atoms. The molecule has 2 rings (SSSR count). The summed E-state index contributed by atoms with van der Waals surface area (Å²) < 4.78 is 18.1. The van der Waals surface area contributed by atoms with E-state index >= 15 is 0 Å². The van der Waals surface area contributed by atoms with Crippen molar-refractivity contribution in [3.8, 4) is 0 Å². The van der Waals surface area contributed by atoms with Gasteiger partial charge in [0.1, 0.15) is 12.4 Å². The number of nitrogens with one attached hydrogen (secondary N) is 1. The molecule has 0 unspecified atom stereocenters. The number of amides is 1. The summed E-state index contributed by atoms with van der Waals surface area (Å²) in [6.45, 7) is 3.02. The van der Waals surface area contributed by atoms with Crippen LogP contribution in [0.25, 0.3) is 0 Å². The Labute approximate surface area is 139 Å². The van der Waals surface area contributed by atoms with E-state index in [1.54, 1.807) is 12.1 Å². The first kappa shape index (κ1) is 17.2. The van der Waals surface area contributed by atoms with Crippen LogP contribution in [0, 0.1) is 12.7 Å². The lowest BCUT2D eigenvalue weighted by atomic mass is 10.1. The highest BCUT2D eigenvalue weighted by molar-refractivity contribution is 5.77. The maximum atomic E-state index is 12.7. The Morgan fingerprint density at radius 2 is 1.74 bits per heavy atom. The lowest BCUT2D eigenvalue weighted by Crippen LogP contribution is -2.28. The van der Waals surface area contributed by atoms with Gasteiger partial charge in [-0.15, -0.1) is 0 Å². The van der Waals surface area contributed by atoms with Gasteiger partial charge in [0.2, 0.25) is 5.91 Å². The molecule has 0 saturated heterocycles. The summed E-state index contributed by atoms with van der Waals surface area (Å²) >= 11 is 0. The predicted molar refractivity (Wildman–Crippen MR) is 92.8 cm³/mol. The summed E-state index contributed by atoms with van der Waals surface area (Å²) in [5.41, 5.74) is 3.37. The number of ether oxygens (including phenoxy) is 1. The summed E-state index contributed by atoms with van der Waals surface area (Å²) in [6.07, 6.45) is 1.84. The van der Waals surface area contributed by atoms with Crippen LogP contribution in [0.5, 0.6) is 0 Å². The molecule has 0 fully saturated rings. The number of hydrogen-bond donors (Lipinski definition) is 1. The van der Waals surface area contributed by atoms with Crippen LogP contribution < -0.4 is 5.32 Å². The van der Waals surface area contributed by atoms with Crippen LogP contribution in [0.15, 0.2) is 48.5 Å². The molecule has 2 aromatic carbocycles. The summed E-state index contributed by atoms with van der Waals surface area (Å²) in [6, 6.07) is 14.5. The van der Waals surface area contributed by atoms with E-state index in [9.17, 15) is 9.18 Å². The summed E-state index contributed by atoms with van der Waals surface area (Å²) in [7, 11) is 0. The summed E-state index contributed by atoms with van der Waals surface area (Å²) in [5, 5.41) is 2.84. The van der Waals surface area contributed by atoms with Crippen molar-refractivity contribution in [2.45, 2.75) is 26.4 Å². The van der Waals surface area contributed by atoms with Gasteiger partial charge >= 0.3 is 0 Å². The molecular weight excluding hydrogens is 293 g/mol. The lowest BCUT2D eigenvalue weighted by molar-refractivity contribution is -0.126. The fraction of sp³-hybridized carbons (Fsp3) is 0.316. The largest absolute Gasteiger partial charge is 0.367 e. The zero-order valence-corrected chi connectivity index (χ0v) is 13.3. The maximum Gasteiger partial charge on any atom is 0.246 e. The highest BCUT2D eigenvalue weighted by Gasteiger charge is 2.02. The van der Waals surface area contributed by atoms with E-state index in [0.29, 0.717) is 13.2 Å². The minimum atomic E-state index is -0.278. The molecule has 4 heteroatoms. The Kier molecular flexibility index (Phi) is 6.76. The third kappa shape index (κ3) is 6.61.